The van der Waals surface area contributed by atoms with Crippen LogP contribution in [0.4, 0.5) is 5.69 Å². The Morgan fingerprint density at radius 1 is 1.28 bits per heavy atom. The van der Waals surface area contributed by atoms with E-state index in [2.05, 4.69) is 15.5 Å². The van der Waals surface area contributed by atoms with Crippen molar-refractivity contribution in [2.24, 2.45) is 0 Å². The van der Waals surface area contributed by atoms with Crippen LogP contribution in [0.1, 0.15) is 6.42 Å². The van der Waals surface area contributed by atoms with Gasteiger partial charge < -0.3 is 14.2 Å². The molecule has 1 amide bonds. The molecule has 1 N–H and O–H groups in total. The highest BCUT2D eigenvalue weighted by Crippen LogP contribution is 2.27. The summed E-state index contributed by atoms with van der Waals surface area (Å²) in [6.07, 6.45) is 1.63. The molecule has 0 atom stereocenters. The number of amides is 1. The summed E-state index contributed by atoms with van der Waals surface area (Å²) in [5, 5.41) is 10.9. The van der Waals surface area contributed by atoms with Crippen LogP contribution in [0.25, 0.3) is 11.7 Å². The van der Waals surface area contributed by atoms with E-state index in [-0.39, 0.29) is 33.8 Å². The number of thioether (sulfide) groups is 1. The van der Waals surface area contributed by atoms with E-state index in [1.54, 1.807) is 12.1 Å². The Balaban J connectivity index is 1.57. The fraction of sp³-hybridized carbons (Fsp3) is 0.235. The Kier molecular flexibility index (Phi) is 6.63. The van der Waals surface area contributed by atoms with Crippen molar-refractivity contribution in [3.8, 4) is 11.7 Å². The molecule has 0 aliphatic rings. The molecule has 0 unspecified atom stereocenters. The molecule has 0 saturated carbocycles. The van der Waals surface area contributed by atoms with Crippen LogP contribution in [0.15, 0.2) is 55.5 Å². The number of aromatic nitrogens is 2. The van der Waals surface area contributed by atoms with Gasteiger partial charge in [-0.1, -0.05) is 23.4 Å². The number of hydrogen-bond acceptors (Lipinski definition) is 8. The van der Waals surface area contributed by atoms with Gasteiger partial charge in [0.1, 0.15) is 0 Å². The molecule has 0 fully saturated rings. The standard InChI is InChI=1S/C17H17ClN4O5S2/c1-22(2)29(24,25)11-5-6-12(18)13(10-11)19-15(23)7-9-28-17-21-20-16(27-17)14-4-3-8-26-14/h3-6,8,10H,7,9H2,1-2H3,(H,19,23). The summed E-state index contributed by atoms with van der Waals surface area (Å²) in [5.74, 6) is 0.764. The predicted octanol–water partition coefficient (Wildman–Crippen LogP) is 3.35. The Labute approximate surface area is 176 Å². The van der Waals surface area contributed by atoms with Crippen molar-refractivity contribution in [1.29, 1.82) is 0 Å². The van der Waals surface area contributed by atoms with Gasteiger partial charge in [0, 0.05) is 26.3 Å². The van der Waals surface area contributed by atoms with Gasteiger partial charge in [0.25, 0.3) is 11.1 Å². The van der Waals surface area contributed by atoms with Gasteiger partial charge in [-0.3, -0.25) is 4.79 Å². The van der Waals surface area contributed by atoms with Crippen molar-refractivity contribution in [1.82, 2.24) is 14.5 Å². The molecule has 3 aromatic rings. The molecule has 2 heterocycles. The zero-order valence-corrected chi connectivity index (χ0v) is 17.8. The first-order valence-electron chi connectivity index (χ1n) is 8.29. The van der Waals surface area contributed by atoms with Crippen molar-refractivity contribution in [2.75, 3.05) is 25.2 Å². The fourth-order valence-electron chi connectivity index (χ4n) is 2.18. The molecular weight excluding hydrogens is 440 g/mol. The minimum absolute atomic E-state index is 0.0351. The lowest BCUT2D eigenvalue weighted by molar-refractivity contribution is -0.115. The van der Waals surface area contributed by atoms with Gasteiger partial charge in [0.15, 0.2) is 5.76 Å². The third-order valence-electron chi connectivity index (χ3n) is 3.68. The van der Waals surface area contributed by atoms with Crippen molar-refractivity contribution in [3.63, 3.8) is 0 Å². The Morgan fingerprint density at radius 2 is 2.07 bits per heavy atom. The summed E-state index contributed by atoms with van der Waals surface area (Å²) in [4.78, 5) is 12.3. The molecule has 1 aromatic carbocycles. The maximum atomic E-state index is 12.2. The predicted molar refractivity (Wildman–Crippen MR) is 108 cm³/mol. The van der Waals surface area contributed by atoms with Crippen LogP contribution in [0.3, 0.4) is 0 Å². The first-order valence-corrected chi connectivity index (χ1v) is 11.1. The first-order chi connectivity index (χ1) is 13.8. The third-order valence-corrected chi connectivity index (χ3v) is 6.64. The van der Waals surface area contributed by atoms with Gasteiger partial charge in [0.05, 0.1) is 21.9 Å². The van der Waals surface area contributed by atoms with Gasteiger partial charge >= 0.3 is 0 Å². The van der Waals surface area contributed by atoms with Crippen LogP contribution >= 0.6 is 23.4 Å². The lowest BCUT2D eigenvalue weighted by Gasteiger charge is -2.13. The molecule has 2 aromatic heterocycles. The zero-order valence-electron chi connectivity index (χ0n) is 15.5. The molecule has 0 aliphatic heterocycles. The molecule has 29 heavy (non-hydrogen) atoms. The summed E-state index contributed by atoms with van der Waals surface area (Å²) in [5.41, 5.74) is 0.225. The maximum Gasteiger partial charge on any atom is 0.284 e. The van der Waals surface area contributed by atoms with Gasteiger partial charge in [-0.05, 0) is 30.3 Å². The summed E-state index contributed by atoms with van der Waals surface area (Å²) in [7, 11) is -0.788. The average molecular weight is 457 g/mol. The molecule has 9 nitrogen and oxygen atoms in total. The lowest BCUT2D eigenvalue weighted by Crippen LogP contribution is -2.22. The number of benzene rings is 1. The lowest BCUT2D eigenvalue weighted by atomic mass is 10.3. The number of anilines is 1. The van der Waals surface area contributed by atoms with E-state index >= 15 is 0 Å². The number of carbonyl (C=O) groups excluding carboxylic acids is 1. The molecule has 0 spiro atoms. The van der Waals surface area contributed by atoms with Gasteiger partial charge in [-0.15, -0.1) is 10.2 Å². The van der Waals surface area contributed by atoms with Gasteiger partial charge in [-0.2, -0.15) is 0 Å². The summed E-state index contributed by atoms with van der Waals surface area (Å²) >= 11 is 7.30. The molecular formula is C17H17ClN4O5S2. The number of nitrogens with zero attached hydrogens (tertiary/aromatic N) is 3. The molecule has 0 bridgehead atoms. The van der Waals surface area contributed by atoms with E-state index < -0.39 is 10.0 Å². The largest absolute Gasteiger partial charge is 0.459 e. The van der Waals surface area contributed by atoms with Crippen molar-refractivity contribution in [2.45, 2.75) is 16.5 Å². The number of rotatable bonds is 8. The van der Waals surface area contributed by atoms with E-state index in [4.69, 9.17) is 20.4 Å². The third kappa shape index (κ3) is 5.18. The van der Waals surface area contributed by atoms with E-state index in [0.29, 0.717) is 16.7 Å². The molecule has 0 aliphatic carbocycles. The maximum absolute atomic E-state index is 12.2. The summed E-state index contributed by atoms with van der Waals surface area (Å²) in [6, 6.07) is 7.55. The first kappa shape index (κ1) is 21.4. The van der Waals surface area contributed by atoms with Crippen LogP contribution in [0.5, 0.6) is 0 Å². The number of nitrogens with one attached hydrogen (secondary N) is 1. The number of carbonyl (C=O) groups is 1. The normalized spacial score (nSPS) is 11.7. The summed E-state index contributed by atoms with van der Waals surface area (Å²) < 4.78 is 36.2. The topological polar surface area (TPSA) is 119 Å². The number of furan rings is 1. The highest BCUT2D eigenvalue weighted by Gasteiger charge is 2.19. The molecule has 0 saturated heterocycles. The quantitative estimate of drug-likeness (QED) is 0.512. The molecule has 12 heteroatoms. The Bertz CT molecular complexity index is 1100. The van der Waals surface area contributed by atoms with Gasteiger partial charge in [-0.25, -0.2) is 12.7 Å². The second kappa shape index (κ2) is 8.99. The molecule has 3 rings (SSSR count). The van der Waals surface area contributed by atoms with Crippen LogP contribution in [-0.4, -0.2) is 48.7 Å². The number of halogens is 1. The number of sulfonamides is 1. The van der Waals surface area contributed by atoms with Crippen molar-refractivity contribution in [3.05, 3.63) is 41.6 Å². The van der Waals surface area contributed by atoms with E-state index in [1.807, 2.05) is 0 Å². The molecule has 154 valence electrons. The number of hydrogen-bond donors (Lipinski definition) is 1. The van der Waals surface area contributed by atoms with Crippen LogP contribution in [0, 0.1) is 0 Å². The monoisotopic (exact) mass is 456 g/mol. The van der Waals surface area contributed by atoms with Crippen molar-refractivity contribution >= 4 is 45.0 Å². The highest BCUT2D eigenvalue weighted by atomic mass is 35.5. The van der Waals surface area contributed by atoms with E-state index in [0.717, 1.165) is 4.31 Å². The minimum atomic E-state index is -3.64. The smallest absolute Gasteiger partial charge is 0.284 e. The zero-order chi connectivity index (χ0) is 21.0. The van der Waals surface area contributed by atoms with Crippen LogP contribution in [-0.2, 0) is 14.8 Å². The van der Waals surface area contributed by atoms with E-state index in [9.17, 15) is 13.2 Å². The second-order valence-electron chi connectivity index (χ2n) is 5.93. The highest BCUT2D eigenvalue weighted by molar-refractivity contribution is 7.99. The fourth-order valence-corrected chi connectivity index (χ4v) is 3.97. The van der Waals surface area contributed by atoms with Crippen molar-refractivity contribution < 1.29 is 22.0 Å². The van der Waals surface area contributed by atoms with Gasteiger partial charge in [0.2, 0.25) is 15.9 Å². The SMILES string of the molecule is CN(C)S(=O)(=O)c1ccc(Cl)c(NC(=O)CCSc2nnc(-c3ccco3)o2)c1. The minimum Gasteiger partial charge on any atom is -0.459 e. The average Bonchev–Trinajstić information content (AvgIpc) is 3.34. The van der Waals surface area contributed by atoms with Crippen LogP contribution < -0.4 is 5.32 Å². The molecule has 0 radical (unpaired) electrons. The van der Waals surface area contributed by atoms with E-state index in [1.165, 1.54) is 50.3 Å². The summed E-state index contributed by atoms with van der Waals surface area (Å²) in [6.45, 7) is 0. The Hall–Kier alpha value is -2.34. The van der Waals surface area contributed by atoms with Crippen LogP contribution in [0.2, 0.25) is 5.02 Å². The second-order valence-corrected chi connectivity index (χ2v) is 9.53. The Morgan fingerprint density at radius 3 is 2.76 bits per heavy atom.